The monoisotopic (exact) mass is 202 g/mol. The highest BCUT2D eigenvalue weighted by molar-refractivity contribution is 6.00. The number of hydrogen-bond donors (Lipinski definition) is 0. The summed E-state index contributed by atoms with van der Waals surface area (Å²) in [6.07, 6.45) is -1.04. The van der Waals surface area contributed by atoms with Crippen LogP contribution in [0.2, 0.25) is 0 Å². The van der Waals surface area contributed by atoms with Gasteiger partial charge in [0.15, 0.2) is 11.9 Å². The topological polar surface area (TPSA) is 26.3 Å². The largest absolute Gasteiger partial charge is 0.484 e. The number of Topliss-reactive ketones (excluding diaryl/α,β-unsaturated/α-hetero) is 1. The Morgan fingerprint density at radius 1 is 1.43 bits per heavy atom. The van der Waals surface area contributed by atoms with Crippen molar-refractivity contribution >= 4 is 5.78 Å². The lowest BCUT2D eigenvalue weighted by molar-refractivity contribution is -0.124. The van der Waals surface area contributed by atoms with Crippen molar-refractivity contribution in [1.29, 1.82) is 0 Å². The molecule has 1 rings (SSSR count). The van der Waals surface area contributed by atoms with E-state index in [1.165, 1.54) is 6.08 Å². The number of allylic oxidation sites excluding steroid dienone is 3. The molecule has 4 heteroatoms. The van der Waals surface area contributed by atoms with Gasteiger partial charge in [0.25, 0.3) is 6.43 Å². The van der Waals surface area contributed by atoms with Gasteiger partial charge in [-0.05, 0) is 19.9 Å². The van der Waals surface area contributed by atoms with Crippen molar-refractivity contribution in [2.24, 2.45) is 0 Å². The lowest BCUT2D eigenvalue weighted by atomic mass is 9.99. The fraction of sp³-hybridized carbons (Fsp3) is 0.500. The van der Waals surface area contributed by atoms with Crippen LogP contribution in [0.4, 0.5) is 8.78 Å². The van der Waals surface area contributed by atoms with E-state index in [9.17, 15) is 13.6 Å². The standard InChI is InChI=1S/C10H12F2O2/c1-3-6-7(13)5-9(10(11)12)14-8(6)4-2/h3-4,9-10H,5H2,1-2H3/b6-3-,8-4+. The second-order valence-corrected chi connectivity index (χ2v) is 2.97. The van der Waals surface area contributed by atoms with Crippen LogP contribution in [0.1, 0.15) is 20.3 Å². The zero-order valence-electron chi connectivity index (χ0n) is 8.09. The second kappa shape index (κ2) is 4.35. The first-order chi connectivity index (χ1) is 6.60. The second-order valence-electron chi connectivity index (χ2n) is 2.97. The zero-order valence-corrected chi connectivity index (χ0v) is 8.09. The highest BCUT2D eigenvalue weighted by Gasteiger charge is 2.33. The Hall–Kier alpha value is -1.19. The third kappa shape index (κ3) is 2.00. The zero-order chi connectivity index (χ0) is 10.7. The van der Waals surface area contributed by atoms with Gasteiger partial charge in [-0.3, -0.25) is 4.79 Å². The molecule has 0 aromatic rings. The summed E-state index contributed by atoms with van der Waals surface area (Å²) in [7, 11) is 0. The van der Waals surface area contributed by atoms with Crippen molar-refractivity contribution in [1.82, 2.24) is 0 Å². The highest BCUT2D eigenvalue weighted by atomic mass is 19.3. The number of ether oxygens (including phenoxy) is 1. The summed E-state index contributed by atoms with van der Waals surface area (Å²) in [6.45, 7) is 3.34. The summed E-state index contributed by atoms with van der Waals surface area (Å²) in [5.41, 5.74) is 0.393. The molecule has 0 saturated carbocycles. The molecule has 1 saturated heterocycles. The van der Waals surface area contributed by atoms with Gasteiger partial charge in [0.05, 0.1) is 12.0 Å². The van der Waals surface area contributed by atoms with Gasteiger partial charge in [-0.15, -0.1) is 0 Å². The van der Waals surface area contributed by atoms with Crippen LogP contribution in [0.5, 0.6) is 0 Å². The van der Waals surface area contributed by atoms with Crippen LogP contribution >= 0.6 is 0 Å². The molecule has 1 atom stereocenters. The molecule has 1 unspecified atom stereocenters. The third-order valence-corrected chi connectivity index (χ3v) is 2.06. The quantitative estimate of drug-likeness (QED) is 0.610. The van der Waals surface area contributed by atoms with Gasteiger partial charge in [0, 0.05) is 0 Å². The van der Waals surface area contributed by atoms with Crippen LogP contribution in [0.25, 0.3) is 0 Å². The van der Waals surface area contributed by atoms with Crippen molar-refractivity contribution in [2.75, 3.05) is 0 Å². The van der Waals surface area contributed by atoms with Crippen LogP contribution in [0.3, 0.4) is 0 Å². The van der Waals surface area contributed by atoms with E-state index in [0.29, 0.717) is 5.57 Å². The summed E-state index contributed by atoms with van der Waals surface area (Å²) >= 11 is 0. The van der Waals surface area contributed by atoms with E-state index >= 15 is 0 Å². The Kier molecular flexibility index (Phi) is 3.38. The summed E-state index contributed by atoms with van der Waals surface area (Å²) < 4.78 is 29.6. The average molecular weight is 202 g/mol. The molecule has 14 heavy (non-hydrogen) atoms. The van der Waals surface area contributed by atoms with E-state index in [1.54, 1.807) is 19.9 Å². The molecular formula is C10H12F2O2. The minimum atomic E-state index is -2.62. The van der Waals surface area contributed by atoms with Gasteiger partial charge in [-0.1, -0.05) is 6.08 Å². The summed E-state index contributed by atoms with van der Waals surface area (Å²) in [5, 5.41) is 0. The fourth-order valence-electron chi connectivity index (χ4n) is 1.37. The lowest BCUT2D eigenvalue weighted by Crippen LogP contribution is -2.31. The molecule has 1 heterocycles. The van der Waals surface area contributed by atoms with Gasteiger partial charge in [0.1, 0.15) is 5.76 Å². The first-order valence-electron chi connectivity index (χ1n) is 4.41. The Morgan fingerprint density at radius 3 is 2.50 bits per heavy atom. The van der Waals surface area contributed by atoms with E-state index < -0.39 is 12.5 Å². The summed E-state index contributed by atoms with van der Waals surface area (Å²) in [6, 6.07) is 0. The van der Waals surface area contributed by atoms with Crippen LogP contribution < -0.4 is 0 Å². The average Bonchev–Trinajstić information content (AvgIpc) is 2.16. The molecule has 0 aromatic heterocycles. The Balaban J connectivity index is 2.90. The summed E-state index contributed by atoms with van der Waals surface area (Å²) in [5.74, 6) is -0.0220. The molecule has 0 aromatic carbocycles. The number of ketones is 1. The van der Waals surface area contributed by atoms with Crippen molar-refractivity contribution < 1.29 is 18.3 Å². The Bertz CT molecular complexity index is 292. The minimum Gasteiger partial charge on any atom is -0.484 e. The maximum absolute atomic E-state index is 12.3. The number of carbonyl (C=O) groups excluding carboxylic acids is 1. The van der Waals surface area contributed by atoms with Crippen molar-refractivity contribution in [3.05, 3.63) is 23.5 Å². The van der Waals surface area contributed by atoms with Crippen molar-refractivity contribution in [3.8, 4) is 0 Å². The maximum Gasteiger partial charge on any atom is 0.275 e. The maximum atomic E-state index is 12.3. The molecule has 0 spiro atoms. The number of hydrogen-bond acceptors (Lipinski definition) is 2. The number of halogens is 2. The molecular weight excluding hydrogens is 190 g/mol. The van der Waals surface area contributed by atoms with Crippen LogP contribution in [-0.2, 0) is 9.53 Å². The first-order valence-corrected chi connectivity index (χ1v) is 4.41. The van der Waals surface area contributed by atoms with Crippen molar-refractivity contribution in [3.63, 3.8) is 0 Å². The van der Waals surface area contributed by atoms with Gasteiger partial charge < -0.3 is 4.74 Å². The fourth-order valence-corrected chi connectivity index (χ4v) is 1.37. The van der Waals surface area contributed by atoms with Gasteiger partial charge in [0.2, 0.25) is 0 Å². The molecule has 0 N–H and O–H groups in total. The van der Waals surface area contributed by atoms with Crippen LogP contribution in [0.15, 0.2) is 23.5 Å². The molecule has 0 bridgehead atoms. The Labute approximate surface area is 81.2 Å². The first kappa shape index (κ1) is 10.9. The van der Waals surface area contributed by atoms with E-state index in [0.717, 1.165) is 0 Å². The molecule has 1 aliphatic heterocycles. The minimum absolute atomic E-state index is 0.241. The molecule has 0 amide bonds. The number of rotatable bonds is 1. The number of carbonyl (C=O) groups is 1. The van der Waals surface area contributed by atoms with E-state index in [-0.39, 0.29) is 18.0 Å². The van der Waals surface area contributed by atoms with Crippen molar-refractivity contribution in [2.45, 2.75) is 32.8 Å². The van der Waals surface area contributed by atoms with Crippen LogP contribution in [0, 0.1) is 0 Å². The SMILES string of the molecule is C/C=C1/OC(C(F)F)CC(=O)/C1=C/C. The third-order valence-electron chi connectivity index (χ3n) is 2.06. The molecule has 1 fully saturated rings. The lowest BCUT2D eigenvalue weighted by Gasteiger charge is -2.26. The van der Waals surface area contributed by atoms with E-state index in [1.807, 2.05) is 0 Å². The molecule has 0 radical (unpaired) electrons. The normalized spacial score (nSPS) is 28.6. The predicted molar refractivity (Wildman–Crippen MR) is 48.0 cm³/mol. The van der Waals surface area contributed by atoms with Gasteiger partial charge in [-0.2, -0.15) is 0 Å². The molecule has 2 nitrogen and oxygen atoms in total. The number of alkyl halides is 2. The Morgan fingerprint density at radius 2 is 2.07 bits per heavy atom. The van der Waals surface area contributed by atoms with E-state index in [4.69, 9.17) is 4.74 Å². The predicted octanol–water partition coefficient (Wildman–Crippen LogP) is 2.46. The van der Waals surface area contributed by atoms with E-state index in [2.05, 4.69) is 0 Å². The molecule has 78 valence electrons. The summed E-state index contributed by atoms with van der Waals surface area (Å²) in [4.78, 5) is 11.4. The molecule has 1 aliphatic rings. The van der Waals surface area contributed by atoms with Crippen LogP contribution in [-0.4, -0.2) is 18.3 Å². The van der Waals surface area contributed by atoms with Gasteiger partial charge >= 0.3 is 0 Å². The van der Waals surface area contributed by atoms with Gasteiger partial charge in [-0.25, -0.2) is 8.78 Å². The highest BCUT2D eigenvalue weighted by Crippen LogP contribution is 2.27. The smallest absolute Gasteiger partial charge is 0.275 e. The molecule has 0 aliphatic carbocycles.